The molecule has 1 aliphatic heterocycles. The van der Waals surface area contributed by atoms with Crippen LogP contribution in [0.1, 0.15) is 58.8 Å². The van der Waals surface area contributed by atoms with E-state index in [9.17, 15) is 4.79 Å². The molecule has 0 radical (unpaired) electrons. The lowest BCUT2D eigenvalue weighted by molar-refractivity contribution is -0.133. The first kappa shape index (κ1) is 21.0. The predicted octanol–water partition coefficient (Wildman–Crippen LogP) is 2.06. The second-order valence-corrected chi connectivity index (χ2v) is 8.14. The van der Waals surface area contributed by atoms with Crippen LogP contribution >= 0.6 is 0 Å². The number of nitrogens with one attached hydrogen (secondary N) is 2. The normalized spacial score (nSPS) is 27.4. The number of carbonyl (C=O) groups excluding carboxylic acids is 1. The summed E-state index contributed by atoms with van der Waals surface area (Å²) in [7, 11) is 3.70. The maximum atomic E-state index is 12.3. The molecule has 1 amide bonds. The third-order valence-electron chi connectivity index (χ3n) is 5.66. The fraction of sp³-hybridized carbons (Fsp3) is 0.900. The first-order chi connectivity index (χ1) is 12.5. The number of nitrogens with zero attached hydrogens (tertiary/aromatic N) is 3. The Hall–Kier alpha value is -1.30. The van der Waals surface area contributed by atoms with Gasteiger partial charge in [0.15, 0.2) is 5.96 Å². The molecule has 1 saturated carbocycles. The van der Waals surface area contributed by atoms with E-state index < -0.39 is 0 Å². The zero-order valence-electron chi connectivity index (χ0n) is 17.3. The van der Waals surface area contributed by atoms with E-state index in [1.807, 2.05) is 14.1 Å². The molecule has 6 heteroatoms. The van der Waals surface area contributed by atoms with E-state index in [1.165, 1.54) is 25.7 Å². The highest BCUT2D eigenvalue weighted by atomic mass is 16.2. The van der Waals surface area contributed by atoms with Crippen molar-refractivity contribution in [3.8, 4) is 0 Å². The summed E-state index contributed by atoms with van der Waals surface area (Å²) in [6, 6.07) is 0.634. The number of guanidine groups is 1. The fourth-order valence-corrected chi connectivity index (χ4v) is 4.05. The van der Waals surface area contributed by atoms with Crippen molar-refractivity contribution < 1.29 is 4.79 Å². The molecule has 1 heterocycles. The Morgan fingerprint density at radius 2 is 1.92 bits per heavy atom. The van der Waals surface area contributed by atoms with E-state index in [4.69, 9.17) is 4.99 Å². The van der Waals surface area contributed by atoms with Gasteiger partial charge in [0.25, 0.3) is 0 Å². The van der Waals surface area contributed by atoms with Crippen molar-refractivity contribution in [2.75, 3.05) is 40.3 Å². The van der Waals surface area contributed by atoms with Crippen molar-refractivity contribution in [3.05, 3.63) is 0 Å². The summed E-state index contributed by atoms with van der Waals surface area (Å²) >= 11 is 0. The van der Waals surface area contributed by atoms with Crippen LogP contribution in [0.2, 0.25) is 0 Å². The maximum Gasteiger partial charge on any atom is 0.239 e. The van der Waals surface area contributed by atoms with Crippen LogP contribution in [-0.2, 0) is 4.79 Å². The highest BCUT2D eigenvalue weighted by Crippen LogP contribution is 2.23. The Morgan fingerprint density at radius 1 is 1.19 bits per heavy atom. The molecular formula is C20H39N5O. The molecule has 0 aromatic heterocycles. The monoisotopic (exact) mass is 365 g/mol. The van der Waals surface area contributed by atoms with E-state index in [0.717, 1.165) is 57.3 Å². The van der Waals surface area contributed by atoms with Gasteiger partial charge >= 0.3 is 0 Å². The molecule has 1 aliphatic carbocycles. The number of hydrogen-bond donors (Lipinski definition) is 2. The zero-order valence-corrected chi connectivity index (χ0v) is 17.3. The van der Waals surface area contributed by atoms with Gasteiger partial charge in [0.05, 0.1) is 6.04 Å². The van der Waals surface area contributed by atoms with Crippen molar-refractivity contribution in [2.24, 2.45) is 10.9 Å². The summed E-state index contributed by atoms with van der Waals surface area (Å²) in [4.78, 5) is 21.1. The van der Waals surface area contributed by atoms with E-state index in [2.05, 4.69) is 29.4 Å². The number of likely N-dealkylation sites (tertiary alicyclic amines) is 1. The van der Waals surface area contributed by atoms with Crippen LogP contribution in [0.15, 0.2) is 4.99 Å². The van der Waals surface area contributed by atoms with E-state index in [0.29, 0.717) is 6.04 Å². The van der Waals surface area contributed by atoms with Gasteiger partial charge in [0.2, 0.25) is 5.91 Å². The Bertz CT molecular complexity index is 457. The number of aliphatic imine (C=N–C) groups is 1. The van der Waals surface area contributed by atoms with Gasteiger partial charge in [0, 0.05) is 39.8 Å². The molecule has 6 nitrogen and oxygen atoms in total. The number of carbonyl (C=O) groups is 1. The van der Waals surface area contributed by atoms with Crippen LogP contribution in [-0.4, -0.2) is 74.0 Å². The Morgan fingerprint density at radius 3 is 2.58 bits per heavy atom. The maximum absolute atomic E-state index is 12.3. The lowest BCUT2D eigenvalue weighted by atomic mass is 9.87. The summed E-state index contributed by atoms with van der Waals surface area (Å²) in [5, 5.41) is 6.99. The van der Waals surface area contributed by atoms with Gasteiger partial charge in [0.1, 0.15) is 0 Å². The van der Waals surface area contributed by atoms with Gasteiger partial charge in [-0.1, -0.05) is 6.92 Å². The van der Waals surface area contributed by atoms with Gasteiger partial charge in [-0.05, 0) is 64.3 Å². The molecular weight excluding hydrogens is 326 g/mol. The van der Waals surface area contributed by atoms with E-state index in [1.54, 1.807) is 4.90 Å². The fourth-order valence-electron chi connectivity index (χ4n) is 4.05. The van der Waals surface area contributed by atoms with Crippen molar-refractivity contribution in [1.82, 2.24) is 20.4 Å². The molecule has 0 spiro atoms. The SMILES string of the molecule is CCNC(=NCCCN1CCCC1C(=O)N(C)C)NC1CCC(C)CC1. The number of likely N-dealkylation sites (N-methyl/N-ethyl adjacent to an activating group) is 1. The molecule has 1 unspecified atom stereocenters. The summed E-state index contributed by atoms with van der Waals surface area (Å²) < 4.78 is 0. The quantitative estimate of drug-likeness (QED) is 0.412. The Kier molecular flexibility index (Phi) is 8.69. The van der Waals surface area contributed by atoms with Crippen LogP contribution in [0.4, 0.5) is 0 Å². The van der Waals surface area contributed by atoms with Crippen LogP contribution in [0.5, 0.6) is 0 Å². The highest BCUT2D eigenvalue weighted by molar-refractivity contribution is 5.81. The lowest BCUT2D eigenvalue weighted by Gasteiger charge is -2.28. The second-order valence-electron chi connectivity index (χ2n) is 8.14. The molecule has 0 bridgehead atoms. The minimum Gasteiger partial charge on any atom is -0.357 e. The van der Waals surface area contributed by atoms with Crippen LogP contribution in [0.25, 0.3) is 0 Å². The summed E-state index contributed by atoms with van der Waals surface area (Å²) in [5.74, 6) is 2.06. The number of hydrogen-bond acceptors (Lipinski definition) is 3. The predicted molar refractivity (Wildman–Crippen MR) is 108 cm³/mol. The van der Waals surface area contributed by atoms with Crippen LogP contribution in [0, 0.1) is 5.92 Å². The van der Waals surface area contributed by atoms with Crippen LogP contribution in [0.3, 0.4) is 0 Å². The van der Waals surface area contributed by atoms with Gasteiger partial charge in [-0.2, -0.15) is 0 Å². The average molecular weight is 366 g/mol. The molecule has 2 aliphatic rings. The Labute approximate surface area is 159 Å². The minimum absolute atomic E-state index is 0.0737. The van der Waals surface area contributed by atoms with Crippen LogP contribution < -0.4 is 10.6 Å². The van der Waals surface area contributed by atoms with Gasteiger partial charge in [-0.3, -0.25) is 14.7 Å². The first-order valence-corrected chi connectivity index (χ1v) is 10.5. The van der Waals surface area contributed by atoms with Crippen molar-refractivity contribution in [3.63, 3.8) is 0 Å². The molecule has 2 N–H and O–H groups in total. The molecule has 1 atom stereocenters. The smallest absolute Gasteiger partial charge is 0.239 e. The first-order valence-electron chi connectivity index (χ1n) is 10.5. The van der Waals surface area contributed by atoms with E-state index in [-0.39, 0.29) is 11.9 Å². The minimum atomic E-state index is 0.0737. The van der Waals surface area contributed by atoms with Gasteiger partial charge < -0.3 is 15.5 Å². The second kappa shape index (κ2) is 10.8. The lowest BCUT2D eigenvalue weighted by Crippen LogP contribution is -2.45. The van der Waals surface area contributed by atoms with Gasteiger partial charge in [-0.25, -0.2) is 0 Å². The van der Waals surface area contributed by atoms with Gasteiger partial charge in [-0.15, -0.1) is 0 Å². The number of amides is 1. The topological polar surface area (TPSA) is 60.0 Å². The van der Waals surface area contributed by atoms with Crippen molar-refractivity contribution >= 4 is 11.9 Å². The summed E-state index contributed by atoms with van der Waals surface area (Å²) in [6.07, 6.45) is 8.22. The molecule has 2 rings (SSSR count). The molecule has 1 saturated heterocycles. The Balaban J connectivity index is 1.76. The molecule has 0 aromatic carbocycles. The largest absolute Gasteiger partial charge is 0.357 e. The van der Waals surface area contributed by atoms with E-state index >= 15 is 0 Å². The van der Waals surface area contributed by atoms with Crippen molar-refractivity contribution in [1.29, 1.82) is 0 Å². The summed E-state index contributed by atoms with van der Waals surface area (Å²) in [5.41, 5.74) is 0. The highest BCUT2D eigenvalue weighted by Gasteiger charge is 2.31. The third-order valence-corrected chi connectivity index (χ3v) is 5.66. The standard InChI is InChI=1S/C20H39N5O/c1-5-21-20(23-17-11-9-16(2)10-12-17)22-13-7-15-25-14-6-8-18(25)19(26)24(3)4/h16-18H,5-15H2,1-4H3,(H2,21,22,23). The zero-order chi connectivity index (χ0) is 18.9. The number of rotatable bonds is 7. The molecule has 2 fully saturated rings. The molecule has 26 heavy (non-hydrogen) atoms. The summed E-state index contributed by atoms with van der Waals surface area (Å²) in [6.45, 7) is 8.14. The average Bonchev–Trinajstić information content (AvgIpc) is 3.08. The van der Waals surface area contributed by atoms with Crippen molar-refractivity contribution in [2.45, 2.75) is 70.9 Å². The molecule has 0 aromatic rings. The third kappa shape index (κ3) is 6.45. The molecule has 150 valence electrons.